The summed E-state index contributed by atoms with van der Waals surface area (Å²) < 4.78 is 28.3. The molecule has 14 nitrogen and oxygen atoms in total. The fraction of sp³-hybridized carbons (Fsp3) is 0.368. The molecule has 0 saturated carbocycles. The summed E-state index contributed by atoms with van der Waals surface area (Å²) in [6.07, 6.45) is 0.109. The summed E-state index contributed by atoms with van der Waals surface area (Å²) in [5, 5.41) is 27.4. The second-order valence-electron chi connectivity index (χ2n) is 13.8. The minimum Gasteiger partial charge on any atom is -0.391 e. The van der Waals surface area contributed by atoms with E-state index >= 15 is 0 Å². The van der Waals surface area contributed by atoms with E-state index in [9.17, 15) is 28.6 Å². The Labute approximate surface area is 328 Å². The lowest BCUT2D eigenvalue weighted by Gasteiger charge is -2.17. The number of fused-ring (bicyclic) bond motifs is 2. The zero-order valence-electron chi connectivity index (χ0n) is 31.0. The van der Waals surface area contributed by atoms with Gasteiger partial charge in [0.1, 0.15) is 21.0 Å². The van der Waals surface area contributed by atoms with E-state index in [0.29, 0.717) is 59.7 Å². The summed E-state index contributed by atoms with van der Waals surface area (Å²) in [7, 11) is 0. The van der Waals surface area contributed by atoms with Gasteiger partial charge in [0.25, 0.3) is 11.8 Å². The van der Waals surface area contributed by atoms with Crippen LogP contribution in [0.25, 0.3) is 20.7 Å². The number of nitrogens with one attached hydrogen (secondary N) is 2. The first kappa shape index (κ1) is 39.0. The van der Waals surface area contributed by atoms with Crippen LogP contribution in [-0.4, -0.2) is 100 Å². The number of thiazole rings is 2. The second kappa shape index (κ2) is 16.4. The zero-order chi connectivity index (χ0) is 39.7. The van der Waals surface area contributed by atoms with Crippen LogP contribution in [0.1, 0.15) is 80.9 Å². The summed E-state index contributed by atoms with van der Waals surface area (Å²) in [6.45, 7) is 9.01. The molecule has 6 heterocycles. The molecule has 4 aromatic heterocycles. The molecule has 6 aromatic rings. The topological polar surface area (TPSA) is 182 Å². The third kappa shape index (κ3) is 8.72. The van der Waals surface area contributed by atoms with Crippen LogP contribution in [0.3, 0.4) is 0 Å². The van der Waals surface area contributed by atoms with Gasteiger partial charge in [-0.2, -0.15) is 9.97 Å². The first-order valence-corrected chi connectivity index (χ1v) is 19.7. The van der Waals surface area contributed by atoms with Crippen molar-refractivity contribution in [2.45, 2.75) is 64.8 Å². The minimum atomic E-state index is -0.505. The van der Waals surface area contributed by atoms with Crippen LogP contribution in [-0.2, 0) is 0 Å². The van der Waals surface area contributed by atoms with E-state index < -0.39 is 12.2 Å². The Balaban J connectivity index is 0.000000172. The Hall–Kier alpha value is -5.30. The van der Waals surface area contributed by atoms with Gasteiger partial charge in [-0.05, 0) is 75.9 Å². The number of hydrogen-bond acceptors (Lipinski definition) is 14. The molecule has 2 aromatic carbocycles. The van der Waals surface area contributed by atoms with E-state index in [1.54, 1.807) is 21.9 Å². The second-order valence-corrected chi connectivity index (χ2v) is 16.2. The van der Waals surface area contributed by atoms with E-state index in [4.69, 9.17) is 0 Å². The van der Waals surface area contributed by atoms with Crippen molar-refractivity contribution in [3.63, 3.8) is 0 Å². The number of aromatic nitrogens is 6. The van der Waals surface area contributed by atoms with Crippen molar-refractivity contribution < 1.29 is 28.6 Å². The van der Waals surface area contributed by atoms with Crippen molar-refractivity contribution in [2.24, 2.45) is 0 Å². The molecule has 0 radical (unpaired) electrons. The highest BCUT2D eigenvalue weighted by atomic mass is 32.1. The molecule has 2 amide bonds. The Morgan fingerprint density at radius 3 is 1.46 bits per heavy atom. The van der Waals surface area contributed by atoms with Crippen LogP contribution < -0.4 is 10.6 Å². The van der Waals surface area contributed by atoms with Gasteiger partial charge in [-0.25, -0.2) is 28.7 Å². The van der Waals surface area contributed by atoms with Crippen LogP contribution in [0.5, 0.6) is 0 Å². The molecule has 2 aliphatic heterocycles. The number of hydrogen-bond donors (Lipinski definition) is 4. The van der Waals surface area contributed by atoms with E-state index in [1.807, 2.05) is 39.8 Å². The largest absolute Gasteiger partial charge is 0.391 e. The normalized spacial score (nSPS) is 17.9. The number of anilines is 2. The Bertz CT molecular complexity index is 2250. The smallest absolute Gasteiger partial charge is 0.274 e. The first-order chi connectivity index (χ1) is 26.8. The van der Waals surface area contributed by atoms with Crippen molar-refractivity contribution in [3.8, 4) is 0 Å². The molecule has 8 rings (SSSR count). The van der Waals surface area contributed by atoms with Gasteiger partial charge in [-0.1, -0.05) is 24.3 Å². The molecule has 0 aliphatic carbocycles. The van der Waals surface area contributed by atoms with E-state index in [0.717, 1.165) is 21.1 Å². The van der Waals surface area contributed by atoms with Gasteiger partial charge in [0, 0.05) is 26.2 Å². The number of β-amino-alcohol motifs (C(OH)–C–C–N with tert-alkyl or cyclic N) is 2. The van der Waals surface area contributed by atoms with Gasteiger partial charge in [-0.3, -0.25) is 9.59 Å². The molecule has 4 atom stereocenters. The minimum absolute atomic E-state index is 0.242. The number of amides is 2. The lowest BCUT2D eigenvalue weighted by Crippen LogP contribution is -2.30. The van der Waals surface area contributed by atoms with Crippen molar-refractivity contribution in [2.75, 3.05) is 36.8 Å². The summed E-state index contributed by atoms with van der Waals surface area (Å²) in [5.74, 6) is -0.597. The third-order valence-electron chi connectivity index (χ3n) is 9.42. The van der Waals surface area contributed by atoms with E-state index in [-0.39, 0.29) is 58.8 Å². The maximum absolute atomic E-state index is 13.5. The molecule has 292 valence electrons. The molecule has 56 heavy (non-hydrogen) atoms. The van der Waals surface area contributed by atoms with Gasteiger partial charge in [0.15, 0.2) is 22.7 Å². The molecule has 18 heteroatoms. The fourth-order valence-electron chi connectivity index (χ4n) is 6.53. The maximum Gasteiger partial charge on any atom is 0.274 e. The molecule has 0 bridgehead atoms. The molecule has 4 N–H and O–H groups in total. The van der Waals surface area contributed by atoms with Gasteiger partial charge in [0.2, 0.25) is 11.9 Å². The highest BCUT2D eigenvalue weighted by Gasteiger charge is 2.31. The fourth-order valence-corrected chi connectivity index (χ4v) is 8.21. The van der Waals surface area contributed by atoms with Gasteiger partial charge < -0.3 is 30.6 Å². The molecule has 2 fully saturated rings. The number of benzene rings is 2. The predicted octanol–water partition coefficient (Wildman–Crippen LogP) is 5.83. The number of aliphatic hydroxyl groups is 2. The van der Waals surface area contributed by atoms with Crippen LogP contribution in [0.2, 0.25) is 0 Å². The number of nitrogens with zero attached hydrogens (tertiary/aromatic N) is 8. The molecular weight excluding hydrogens is 763 g/mol. The predicted molar refractivity (Wildman–Crippen MR) is 210 cm³/mol. The highest BCUT2D eigenvalue weighted by Crippen LogP contribution is 2.30. The lowest BCUT2D eigenvalue weighted by atomic mass is 10.1. The molecule has 0 unspecified atom stereocenters. The van der Waals surface area contributed by atoms with Crippen molar-refractivity contribution >= 4 is 67.1 Å². The van der Waals surface area contributed by atoms with Crippen LogP contribution in [0, 0.1) is 25.5 Å². The van der Waals surface area contributed by atoms with Crippen molar-refractivity contribution in [1.29, 1.82) is 0 Å². The van der Waals surface area contributed by atoms with Crippen LogP contribution in [0.15, 0.2) is 48.5 Å². The Morgan fingerprint density at radius 1 is 0.696 bits per heavy atom. The number of aryl methyl sites for hydroxylation is 2. The highest BCUT2D eigenvalue weighted by molar-refractivity contribution is 7.19. The zero-order valence-corrected chi connectivity index (χ0v) is 32.7. The summed E-state index contributed by atoms with van der Waals surface area (Å²) in [6, 6.07) is 12.1. The number of aliphatic hydroxyl groups excluding tert-OH is 2. The Morgan fingerprint density at radius 2 is 1.11 bits per heavy atom. The third-order valence-corrected chi connectivity index (χ3v) is 11.3. The Kier molecular flexibility index (Phi) is 11.4. The summed E-state index contributed by atoms with van der Waals surface area (Å²) in [4.78, 5) is 55.8. The molecular formula is C38H40F2N10O4S2. The van der Waals surface area contributed by atoms with Crippen molar-refractivity contribution in [3.05, 3.63) is 92.7 Å². The SMILES string of the molecule is Cc1nc2nc(N[C@@H](C)c3cccc(F)c3)nc(C(=O)N3CC[C@@H](O)C3)c2s1.Cc1nc2nc(N[C@@H](C)c3cccc(F)c3)nc(C(=O)N3CC[C@H](O)C3)c2s1. The van der Waals surface area contributed by atoms with Gasteiger partial charge in [-0.15, -0.1) is 22.7 Å². The quantitative estimate of drug-likeness (QED) is 0.145. The average Bonchev–Trinajstić information content (AvgIpc) is 3.97. The van der Waals surface area contributed by atoms with E-state index in [1.165, 1.54) is 46.9 Å². The summed E-state index contributed by atoms with van der Waals surface area (Å²) in [5.41, 5.74) is 2.95. The number of likely N-dealkylation sites (tertiary alicyclic amines) is 2. The average molecular weight is 803 g/mol. The number of carbonyl (C=O) groups excluding carboxylic acids is 2. The lowest BCUT2D eigenvalue weighted by molar-refractivity contribution is 0.0756. The molecule has 2 saturated heterocycles. The standard InChI is InChI=1S/2C19H20FN5O2S/c2*1-10(12-4-3-5-13(20)8-12)21-19-23-15(16-17(24-19)22-11(2)28-16)18(27)25-7-6-14(26)9-25/h2*3-5,8,10,14,26H,6-7,9H2,1-2H3,(H,21,23,24)/t10-,14+;10-,14-/m00/s1. The number of rotatable bonds is 8. The summed E-state index contributed by atoms with van der Waals surface area (Å²) >= 11 is 2.74. The maximum atomic E-state index is 13.5. The van der Waals surface area contributed by atoms with Gasteiger partial charge >= 0.3 is 0 Å². The molecule has 0 spiro atoms. The molecule has 2 aliphatic rings. The van der Waals surface area contributed by atoms with Crippen LogP contribution >= 0.6 is 22.7 Å². The number of halogens is 2. The van der Waals surface area contributed by atoms with Crippen molar-refractivity contribution in [1.82, 2.24) is 39.7 Å². The van der Waals surface area contributed by atoms with Gasteiger partial charge in [0.05, 0.1) is 34.3 Å². The number of carbonyl (C=O) groups is 2. The first-order valence-electron chi connectivity index (χ1n) is 18.1. The van der Waals surface area contributed by atoms with E-state index in [2.05, 4.69) is 40.5 Å². The van der Waals surface area contributed by atoms with Crippen LogP contribution in [0.4, 0.5) is 20.7 Å². The monoisotopic (exact) mass is 802 g/mol.